The van der Waals surface area contributed by atoms with E-state index in [-0.39, 0.29) is 0 Å². The molecule has 2 heteroatoms. The van der Waals surface area contributed by atoms with Gasteiger partial charge in [-0.15, -0.1) is 0 Å². The van der Waals surface area contributed by atoms with Crippen molar-refractivity contribution in [3.05, 3.63) is 54.4 Å². The second kappa shape index (κ2) is 4.11. The lowest BCUT2D eigenvalue weighted by Crippen LogP contribution is -2.12. The molecule has 0 radical (unpaired) electrons. The predicted molar refractivity (Wildman–Crippen MR) is 59.7 cm³/mol. The van der Waals surface area contributed by atoms with Crippen LogP contribution in [-0.4, -0.2) is 0 Å². The zero-order valence-electron chi connectivity index (χ0n) is 8.06. The number of anilines is 1. The molecule has 0 bridgehead atoms. The minimum absolute atomic E-state index is 0.578. The van der Waals surface area contributed by atoms with Crippen LogP contribution in [-0.2, 0) is 6.54 Å². The average molecular weight is 186 g/mol. The largest absolute Gasteiger partial charge is 0.326 e. The van der Waals surface area contributed by atoms with E-state index in [4.69, 9.17) is 5.73 Å². The summed E-state index contributed by atoms with van der Waals surface area (Å²) in [6.45, 7) is 0.578. The Morgan fingerprint density at radius 3 is 2.57 bits per heavy atom. The van der Waals surface area contributed by atoms with Crippen molar-refractivity contribution in [3.8, 4) is 0 Å². The van der Waals surface area contributed by atoms with E-state index in [1.165, 1.54) is 11.3 Å². The molecule has 0 fully saturated rings. The predicted octanol–water partition coefficient (Wildman–Crippen LogP) is 2.38. The number of hydrogen-bond donors (Lipinski definition) is 1. The topological polar surface area (TPSA) is 29.3 Å². The van der Waals surface area contributed by atoms with Crippen LogP contribution in [0.3, 0.4) is 0 Å². The Bertz CT molecular complexity index is 354. The molecule has 0 saturated carbocycles. The fourth-order valence-corrected chi connectivity index (χ4v) is 1.57. The SMILES string of the molecule is NCc1ccccc1N1C=CCC=C1. The molecule has 2 nitrogen and oxygen atoms in total. The van der Waals surface area contributed by atoms with Gasteiger partial charge in [0.25, 0.3) is 0 Å². The first-order valence-corrected chi connectivity index (χ1v) is 4.81. The Balaban J connectivity index is 2.34. The van der Waals surface area contributed by atoms with E-state index >= 15 is 0 Å². The van der Waals surface area contributed by atoms with Gasteiger partial charge < -0.3 is 10.6 Å². The van der Waals surface area contributed by atoms with Crippen molar-refractivity contribution in [1.29, 1.82) is 0 Å². The summed E-state index contributed by atoms with van der Waals surface area (Å²) in [6, 6.07) is 8.20. The first-order chi connectivity index (χ1) is 6.92. The lowest BCUT2D eigenvalue weighted by molar-refractivity contribution is 1.05. The van der Waals surface area contributed by atoms with Crippen LogP contribution in [0, 0.1) is 0 Å². The highest BCUT2D eigenvalue weighted by atomic mass is 15.1. The maximum atomic E-state index is 5.68. The van der Waals surface area contributed by atoms with Crippen molar-refractivity contribution >= 4 is 5.69 Å². The van der Waals surface area contributed by atoms with Crippen molar-refractivity contribution in [1.82, 2.24) is 0 Å². The van der Waals surface area contributed by atoms with E-state index in [0.717, 1.165) is 6.42 Å². The fraction of sp³-hybridized carbons (Fsp3) is 0.167. The lowest BCUT2D eigenvalue weighted by atomic mass is 10.1. The summed E-state index contributed by atoms with van der Waals surface area (Å²) in [4.78, 5) is 2.10. The van der Waals surface area contributed by atoms with Crippen LogP contribution in [0.25, 0.3) is 0 Å². The van der Waals surface area contributed by atoms with Crippen LogP contribution in [0.15, 0.2) is 48.8 Å². The molecular weight excluding hydrogens is 172 g/mol. The second-order valence-electron chi connectivity index (χ2n) is 3.25. The van der Waals surface area contributed by atoms with Gasteiger partial charge in [0.05, 0.1) is 0 Å². The van der Waals surface area contributed by atoms with Crippen LogP contribution < -0.4 is 10.6 Å². The first-order valence-electron chi connectivity index (χ1n) is 4.81. The molecule has 14 heavy (non-hydrogen) atoms. The summed E-state index contributed by atoms with van der Waals surface area (Å²) in [5.74, 6) is 0. The summed E-state index contributed by atoms with van der Waals surface area (Å²) in [7, 11) is 0. The van der Waals surface area contributed by atoms with Crippen LogP contribution in [0.5, 0.6) is 0 Å². The van der Waals surface area contributed by atoms with E-state index in [2.05, 4.69) is 41.6 Å². The maximum absolute atomic E-state index is 5.68. The average Bonchev–Trinajstić information content (AvgIpc) is 2.30. The highest BCUT2D eigenvalue weighted by Gasteiger charge is 2.05. The quantitative estimate of drug-likeness (QED) is 0.768. The Kier molecular flexibility index (Phi) is 2.65. The third-order valence-electron chi connectivity index (χ3n) is 2.29. The molecule has 1 aliphatic rings. The van der Waals surface area contributed by atoms with Crippen LogP contribution in [0.2, 0.25) is 0 Å². The number of nitrogens with two attached hydrogens (primary N) is 1. The van der Waals surface area contributed by atoms with E-state index in [9.17, 15) is 0 Å². The highest BCUT2D eigenvalue weighted by molar-refractivity contribution is 5.58. The van der Waals surface area contributed by atoms with Gasteiger partial charge in [0.15, 0.2) is 0 Å². The van der Waals surface area contributed by atoms with Crippen molar-refractivity contribution in [2.24, 2.45) is 5.73 Å². The Labute approximate surface area is 84.3 Å². The molecule has 2 N–H and O–H groups in total. The fourth-order valence-electron chi connectivity index (χ4n) is 1.57. The van der Waals surface area contributed by atoms with Crippen LogP contribution in [0.4, 0.5) is 5.69 Å². The number of benzene rings is 1. The molecule has 1 heterocycles. The van der Waals surface area contributed by atoms with Gasteiger partial charge in [0, 0.05) is 24.6 Å². The van der Waals surface area contributed by atoms with Crippen molar-refractivity contribution in [2.45, 2.75) is 13.0 Å². The van der Waals surface area contributed by atoms with Gasteiger partial charge in [0.2, 0.25) is 0 Å². The molecule has 0 amide bonds. The molecule has 2 rings (SSSR count). The molecule has 0 aliphatic carbocycles. The van der Waals surface area contributed by atoms with E-state index < -0.39 is 0 Å². The van der Waals surface area contributed by atoms with Crippen LogP contribution in [0.1, 0.15) is 12.0 Å². The highest BCUT2D eigenvalue weighted by Crippen LogP contribution is 2.22. The summed E-state index contributed by atoms with van der Waals surface area (Å²) in [5, 5.41) is 0. The Morgan fingerprint density at radius 2 is 1.86 bits per heavy atom. The Hall–Kier alpha value is -1.54. The molecular formula is C12H14N2. The van der Waals surface area contributed by atoms with Crippen LogP contribution >= 0.6 is 0 Å². The van der Waals surface area contributed by atoms with E-state index in [1.807, 2.05) is 12.1 Å². The van der Waals surface area contributed by atoms with Crippen molar-refractivity contribution in [3.63, 3.8) is 0 Å². The molecule has 0 unspecified atom stereocenters. The second-order valence-corrected chi connectivity index (χ2v) is 3.25. The normalized spacial score (nSPS) is 14.8. The van der Waals surface area contributed by atoms with Gasteiger partial charge in [-0.25, -0.2) is 0 Å². The number of para-hydroxylation sites is 1. The molecule has 0 atom stereocenters. The summed E-state index contributed by atoms with van der Waals surface area (Å²) >= 11 is 0. The van der Waals surface area contributed by atoms with Gasteiger partial charge in [-0.1, -0.05) is 30.4 Å². The molecule has 1 aromatic carbocycles. The summed E-state index contributed by atoms with van der Waals surface area (Å²) < 4.78 is 0. The molecule has 1 aliphatic heterocycles. The maximum Gasteiger partial charge on any atom is 0.0493 e. The third-order valence-corrected chi connectivity index (χ3v) is 2.29. The zero-order chi connectivity index (χ0) is 9.80. The summed E-state index contributed by atoms with van der Waals surface area (Å²) in [6.07, 6.45) is 9.44. The third kappa shape index (κ3) is 1.70. The van der Waals surface area contributed by atoms with Crippen molar-refractivity contribution in [2.75, 3.05) is 4.90 Å². The zero-order valence-corrected chi connectivity index (χ0v) is 8.06. The Morgan fingerprint density at radius 1 is 1.14 bits per heavy atom. The number of hydrogen-bond acceptors (Lipinski definition) is 2. The molecule has 72 valence electrons. The van der Waals surface area contributed by atoms with E-state index in [0.29, 0.717) is 6.54 Å². The van der Waals surface area contributed by atoms with Gasteiger partial charge in [-0.2, -0.15) is 0 Å². The van der Waals surface area contributed by atoms with Gasteiger partial charge in [0.1, 0.15) is 0 Å². The molecule has 0 aromatic heterocycles. The number of rotatable bonds is 2. The van der Waals surface area contributed by atoms with Gasteiger partial charge in [-0.05, 0) is 18.1 Å². The number of nitrogens with zero attached hydrogens (tertiary/aromatic N) is 1. The van der Waals surface area contributed by atoms with Gasteiger partial charge >= 0.3 is 0 Å². The lowest BCUT2D eigenvalue weighted by Gasteiger charge is -2.20. The monoisotopic (exact) mass is 186 g/mol. The van der Waals surface area contributed by atoms with Gasteiger partial charge in [-0.3, -0.25) is 0 Å². The first kappa shape index (κ1) is 9.03. The molecule has 1 aromatic rings. The smallest absolute Gasteiger partial charge is 0.0493 e. The molecule has 0 saturated heterocycles. The standard InChI is InChI=1S/C12H14N2/c13-10-11-6-2-3-7-12(11)14-8-4-1-5-9-14/h2-9H,1,10,13H2. The van der Waals surface area contributed by atoms with Crippen molar-refractivity contribution < 1.29 is 0 Å². The van der Waals surface area contributed by atoms with E-state index in [1.54, 1.807) is 0 Å². The molecule has 0 spiro atoms. The minimum Gasteiger partial charge on any atom is -0.326 e. The summed E-state index contributed by atoms with van der Waals surface area (Å²) in [5.41, 5.74) is 8.02. The minimum atomic E-state index is 0.578. The number of allylic oxidation sites excluding steroid dienone is 2.